The van der Waals surface area contributed by atoms with Gasteiger partial charge in [-0.15, -0.1) is 0 Å². The fraction of sp³-hybridized carbons (Fsp3) is 0.0488. The zero-order chi connectivity index (χ0) is 58.4. The van der Waals surface area contributed by atoms with Crippen LogP contribution in [-0.4, -0.2) is 29.8 Å². The molecule has 3 nitrogen and oxygen atoms in total. The SMILES string of the molecule is Cc1ccc2c(c1)c1cc(C)ccc1n2-c1cc(-n2c3ccc(C)cc3c3cc(C)ccc32)cc(-n2c3ccc([Si](c4ccccc4)(c4ccccc4)c4ccccc4)cc3c3cc([Si](c4ccccc4)(c4ccccc4)c4ccccc4)ccc32)c1. The Morgan fingerprint density at radius 3 is 0.598 bits per heavy atom. The molecule has 0 N–H and O–H groups in total. The van der Waals surface area contributed by atoms with Crippen molar-refractivity contribution in [3.8, 4) is 17.1 Å². The van der Waals surface area contributed by atoms with Gasteiger partial charge in [-0.2, -0.15) is 0 Å². The largest absolute Gasteiger partial charge is 0.309 e. The number of hydrogen-bond acceptors (Lipinski definition) is 0. The molecule has 0 bridgehead atoms. The quantitative estimate of drug-likeness (QED) is 0.0906. The number of fused-ring (bicyclic) bond motifs is 9. The van der Waals surface area contributed by atoms with Gasteiger partial charge in [0.1, 0.15) is 0 Å². The summed E-state index contributed by atoms with van der Waals surface area (Å²) in [5, 5.41) is 18.2. The molecular formula is C82H63N3Si2. The van der Waals surface area contributed by atoms with Crippen molar-refractivity contribution in [2.45, 2.75) is 27.7 Å². The van der Waals surface area contributed by atoms with Crippen LogP contribution in [0.2, 0.25) is 0 Å². The maximum atomic E-state index is 2.61. The number of nitrogens with zero attached hydrogens (tertiary/aromatic N) is 3. The van der Waals surface area contributed by atoms with Crippen molar-refractivity contribution in [2.24, 2.45) is 0 Å². The Hall–Kier alpha value is -10.3. The lowest BCUT2D eigenvalue weighted by Gasteiger charge is -2.34. The van der Waals surface area contributed by atoms with E-state index in [9.17, 15) is 0 Å². The monoisotopic (exact) mass is 1150 g/mol. The molecule has 414 valence electrons. The van der Waals surface area contributed by atoms with Gasteiger partial charge in [0.05, 0.1) is 50.2 Å². The van der Waals surface area contributed by atoms with Crippen LogP contribution in [0.4, 0.5) is 0 Å². The molecule has 0 saturated heterocycles. The van der Waals surface area contributed by atoms with Crippen LogP contribution in [0.5, 0.6) is 0 Å². The maximum absolute atomic E-state index is 3.00. The number of aromatic nitrogens is 3. The fourth-order valence-electron chi connectivity index (χ4n) is 14.9. The molecule has 13 aromatic carbocycles. The van der Waals surface area contributed by atoms with E-state index in [2.05, 4.69) is 351 Å². The van der Waals surface area contributed by atoms with E-state index >= 15 is 0 Å². The summed E-state index contributed by atoms with van der Waals surface area (Å²) < 4.78 is 7.62. The van der Waals surface area contributed by atoms with E-state index < -0.39 is 16.1 Å². The van der Waals surface area contributed by atoms with E-state index in [0.29, 0.717) is 0 Å². The summed E-state index contributed by atoms with van der Waals surface area (Å²) in [4.78, 5) is 0. The zero-order valence-corrected chi connectivity index (χ0v) is 51.3. The highest BCUT2D eigenvalue weighted by Crippen LogP contribution is 2.40. The number of benzene rings is 13. The minimum atomic E-state index is -3.00. The highest BCUT2D eigenvalue weighted by molar-refractivity contribution is 7.20. The molecule has 16 aromatic rings. The van der Waals surface area contributed by atoms with Crippen molar-refractivity contribution in [1.29, 1.82) is 0 Å². The lowest BCUT2D eigenvalue weighted by molar-refractivity contribution is 1.10. The Morgan fingerprint density at radius 1 is 0.184 bits per heavy atom. The molecular weight excluding hydrogens is 1080 g/mol. The standard InChI is InChI=1S/C82H63N3Si2/c1-56-35-41-77-71(47-56)72-48-57(2)36-42-78(72)83(77)60-51-61(84-79-43-37-58(3)49-73(79)74-50-59(4)38-44-80(74)84)53-62(52-60)85-81-45-39-69(86(63-23-11-5-12-24-63,64-25-13-6-14-26-64)65-27-15-7-16-28-65)54-75(81)76-55-70(40-46-82(76)85)87(66-29-17-8-18-30-66,67-31-19-9-20-32-67)68-33-21-10-22-34-68/h5-55H,1-4H3. The molecule has 3 aromatic heterocycles. The van der Waals surface area contributed by atoms with Crippen LogP contribution >= 0.6 is 0 Å². The summed E-state index contributed by atoms with van der Waals surface area (Å²) in [6.45, 7) is 8.83. The predicted molar refractivity (Wildman–Crippen MR) is 376 cm³/mol. The van der Waals surface area contributed by atoms with Crippen LogP contribution in [-0.2, 0) is 0 Å². The van der Waals surface area contributed by atoms with Gasteiger partial charge in [0.25, 0.3) is 0 Å². The summed E-state index contributed by atoms with van der Waals surface area (Å²) in [6.07, 6.45) is 0. The summed E-state index contributed by atoms with van der Waals surface area (Å²) in [6, 6.07) is 118. The van der Waals surface area contributed by atoms with Crippen LogP contribution in [0.15, 0.2) is 309 Å². The van der Waals surface area contributed by atoms with Gasteiger partial charge in [0.15, 0.2) is 16.1 Å². The van der Waals surface area contributed by atoms with Crippen LogP contribution in [0.1, 0.15) is 22.3 Å². The van der Waals surface area contributed by atoms with Gasteiger partial charge in [-0.1, -0.05) is 253 Å². The van der Waals surface area contributed by atoms with E-state index in [1.165, 1.54) is 118 Å². The number of rotatable bonds is 11. The Morgan fingerprint density at radius 2 is 0.379 bits per heavy atom. The van der Waals surface area contributed by atoms with Gasteiger partial charge in [0.2, 0.25) is 0 Å². The molecule has 0 atom stereocenters. The molecule has 3 heterocycles. The third-order valence-corrected chi connectivity index (χ3v) is 28.2. The summed E-state index contributed by atoms with van der Waals surface area (Å²) in [7, 11) is -6.00. The van der Waals surface area contributed by atoms with Gasteiger partial charge in [0, 0.05) is 32.3 Å². The molecule has 0 radical (unpaired) electrons. The van der Waals surface area contributed by atoms with Crippen molar-refractivity contribution < 1.29 is 0 Å². The molecule has 0 fully saturated rings. The fourth-order valence-corrected chi connectivity index (χ4v) is 24.5. The molecule has 0 aliphatic carbocycles. The van der Waals surface area contributed by atoms with E-state index in [1.54, 1.807) is 0 Å². The molecule has 5 heteroatoms. The van der Waals surface area contributed by atoms with E-state index in [1.807, 2.05) is 0 Å². The van der Waals surface area contributed by atoms with Crippen LogP contribution < -0.4 is 41.5 Å². The van der Waals surface area contributed by atoms with Crippen molar-refractivity contribution in [2.75, 3.05) is 0 Å². The third kappa shape index (κ3) is 8.22. The molecule has 0 aliphatic heterocycles. The maximum Gasteiger partial charge on any atom is 0.179 e. The molecule has 0 aliphatic rings. The normalized spacial score (nSPS) is 12.1. The molecule has 0 spiro atoms. The summed E-state index contributed by atoms with van der Waals surface area (Å²) in [5.74, 6) is 0. The average molecular weight is 1150 g/mol. The van der Waals surface area contributed by atoms with Crippen molar-refractivity contribution in [3.05, 3.63) is 332 Å². The van der Waals surface area contributed by atoms with E-state index in [4.69, 9.17) is 0 Å². The zero-order valence-electron chi connectivity index (χ0n) is 49.3. The second kappa shape index (κ2) is 20.7. The van der Waals surface area contributed by atoms with Crippen LogP contribution in [0.25, 0.3) is 82.5 Å². The minimum absolute atomic E-state index is 1.09. The summed E-state index contributed by atoms with van der Waals surface area (Å²) >= 11 is 0. The van der Waals surface area contributed by atoms with Crippen LogP contribution in [0.3, 0.4) is 0 Å². The van der Waals surface area contributed by atoms with Crippen molar-refractivity contribution in [1.82, 2.24) is 13.7 Å². The number of hydrogen-bond donors (Lipinski definition) is 0. The second-order valence-electron chi connectivity index (χ2n) is 24.0. The van der Waals surface area contributed by atoms with E-state index in [-0.39, 0.29) is 0 Å². The van der Waals surface area contributed by atoms with Crippen LogP contribution in [0, 0.1) is 27.7 Å². The van der Waals surface area contributed by atoms with E-state index in [0.717, 1.165) is 28.1 Å². The van der Waals surface area contributed by atoms with Gasteiger partial charge in [-0.05, 0) is 148 Å². The first-order valence-corrected chi connectivity index (χ1v) is 34.4. The molecule has 87 heavy (non-hydrogen) atoms. The highest BCUT2D eigenvalue weighted by Gasteiger charge is 2.43. The molecule has 16 rings (SSSR count). The lowest BCUT2D eigenvalue weighted by atomic mass is 10.1. The van der Waals surface area contributed by atoms with Gasteiger partial charge >= 0.3 is 0 Å². The first-order chi connectivity index (χ1) is 42.8. The third-order valence-electron chi connectivity index (χ3n) is 18.7. The first kappa shape index (κ1) is 52.3. The highest BCUT2D eigenvalue weighted by atomic mass is 28.3. The molecule has 0 saturated carbocycles. The Labute approximate surface area is 510 Å². The topological polar surface area (TPSA) is 14.8 Å². The Bertz CT molecular complexity index is 4660. The molecule has 0 amide bonds. The Balaban J connectivity index is 1.07. The predicted octanol–water partition coefficient (Wildman–Crippen LogP) is 15.0. The average Bonchev–Trinajstić information content (AvgIpc) is 1.80. The summed E-state index contributed by atoms with van der Waals surface area (Å²) in [5.41, 5.74) is 15.3. The lowest BCUT2D eigenvalue weighted by Crippen LogP contribution is -2.74. The van der Waals surface area contributed by atoms with Crippen molar-refractivity contribution in [3.63, 3.8) is 0 Å². The molecule has 0 unspecified atom stereocenters. The number of aryl methyl sites for hydroxylation is 4. The smallest absolute Gasteiger partial charge is 0.179 e. The van der Waals surface area contributed by atoms with Gasteiger partial charge in [-0.3, -0.25) is 0 Å². The van der Waals surface area contributed by atoms with Gasteiger partial charge in [-0.25, -0.2) is 0 Å². The Kier molecular flexibility index (Phi) is 12.5. The van der Waals surface area contributed by atoms with Gasteiger partial charge < -0.3 is 13.7 Å². The second-order valence-corrected chi connectivity index (χ2v) is 31.6. The van der Waals surface area contributed by atoms with Crippen molar-refractivity contribution >= 4 is 123 Å². The minimum Gasteiger partial charge on any atom is -0.309 e. The first-order valence-electron chi connectivity index (χ1n) is 30.4.